The minimum absolute atomic E-state index is 0.0127. The largest absolute Gasteiger partial charge is 0.484 e. The molecule has 50 valence electrons. The van der Waals surface area contributed by atoms with Gasteiger partial charge in [-0.15, -0.1) is 0 Å². The van der Waals surface area contributed by atoms with Gasteiger partial charge in [0.2, 0.25) is 5.76 Å². The minimum Gasteiger partial charge on any atom is -0.484 e. The van der Waals surface area contributed by atoms with Crippen LogP contribution in [0, 0.1) is 0 Å². The SMILES string of the molecule is O=C(O)C1=CNCCO1. The van der Waals surface area contributed by atoms with Crippen LogP contribution >= 0.6 is 0 Å². The highest BCUT2D eigenvalue weighted by Gasteiger charge is 2.10. The fourth-order valence-corrected chi connectivity index (χ4v) is 0.550. The third kappa shape index (κ3) is 1.35. The summed E-state index contributed by atoms with van der Waals surface area (Å²) in [5, 5.41) is 11.1. The van der Waals surface area contributed by atoms with Crippen molar-refractivity contribution in [3.05, 3.63) is 12.0 Å². The van der Waals surface area contributed by atoms with Crippen molar-refractivity contribution in [2.45, 2.75) is 0 Å². The fraction of sp³-hybridized carbons (Fsp3) is 0.400. The highest BCUT2D eigenvalue weighted by Crippen LogP contribution is 1.98. The van der Waals surface area contributed by atoms with Gasteiger partial charge in [-0.25, -0.2) is 4.79 Å². The molecule has 0 radical (unpaired) electrons. The Kier molecular flexibility index (Phi) is 1.58. The van der Waals surface area contributed by atoms with Crippen LogP contribution in [0.15, 0.2) is 12.0 Å². The minimum atomic E-state index is -1.03. The molecule has 0 aromatic heterocycles. The predicted octanol–water partition coefficient (Wildman–Crippen LogP) is -0.468. The lowest BCUT2D eigenvalue weighted by atomic mass is 10.5. The van der Waals surface area contributed by atoms with Crippen molar-refractivity contribution >= 4 is 5.97 Å². The summed E-state index contributed by atoms with van der Waals surface area (Å²) in [4.78, 5) is 10.1. The van der Waals surface area contributed by atoms with Gasteiger partial charge in [0.1, 0.15) is 6.61 Å². The number of aliphatic carboxylic acids is 1. The van der Waals surface area contributed by atoms with Crippen molar-refractivity contribution < 1.29 is 14.6 Å². The first-order valence-corrected chi connectivity index (χ1v) is 2.60. The molecular formula is C5H7NO3. The van der Waals surface area contributed by atoms with E-state index in [9.17, 15) is 4.79 Å². The Hall–Kier alpha value is -1.19. The molecular weight excluding hydrogens is 122 g/mol. The maximum absolute atomic E-state index is 10.1. The van der Waals surface area contributed by atoms with Gasteiger partial charge in [-0.2, -0.15) is 0 Å². The van der Waals surface area contributed by atoms with Gasteiger partial charge in [0.25, 0.3) is 0 Å². The predicted molar refractivity (Wildman–Crippen MR) is 29.7 cm³/mol. The number of nitrogens with one attached hydrogen (secondary N) is 1. The van der Waals surface area contributed by atoms with Gasteiger partial charge >= 0.3 is 5.97 Å². The molecule has 1 rings (SSSR count). The Balaban J connectivity index is 2.57. The van der Waals surface area contributed by atoms with E-state index in [2.05, 4.69) is 5.32 Å². The maximum Gasteiger partial charge on any atom is 0.372 e. The summed E-state index contributed by atoms with van der Waals surface area (Å²) in [5.74, 6) is -1.04. The van der Waals surface area contributed by atoms with Gasteiger partial charge in [0.05, 0.1) is 0 Å². The Bertz CT molecular complexity index is 152. The second kappa shape index (κ2) is 2.39. The van der Waals surface area contributed by atoms with E-state index in [1.54, 1.807) is 0 Å². The summed E-state index contributed by atoms with van der Waals surface area (Å²) >= 11 is 0. The molecule has 4 heteroatoms. The van der Waals surface area contributed by atoms with Crippen molar-refractivity contribution in [2.75, 3.05) is 13.2 Å². The third-order valence-electron chi connectivity index (χ3n) is 0.948. The van der Waals surface area contributed by atoms with Crippen molar-refractivity contribution in [3.63, 3.8) is 0 Å². The van der Waals surface area contributed by atoms with Crippen LogP contribution in [-0.4, -0.2) is 24.2 Å². The smallest absolute Gasteiger partial charge is 0.372 e. The quantitative estimate of drug-likeness (QED) is 0.502. The molecule has 9 heavy (non-hydrogen) atoms. The molecule has 0 atom stereocenters. The Morgan fingerprint density at radius 1 is 1.89 bits per heavy atom. The maximum atomic E-state index is 10.1. The number of carbonyl (C=O) groups is 1. The summed E-state index contributed by atoms with van der Waals surface area (Å²) in [6, 6.07) is 0. The summed E-state index contributed by atoms with van der Waals surface area (Å²) in [6.07, 6.45) is 1.35. The summed E-state index contributed by atoms with van der Waals surface area (Å²) in [6.45, 7) is 1.11. The lowest BCUT2D eigenvalue weighted by Gasteiger charge is -2.11. The lowest BCUT2D eigenvalue weighted by Crippen LogP contribution is -2.23. The van der Waals surface area contributed by atoms with Crippen LogP contribution in [0.4, 0.5) is 0 Å². The van der Waals surface area contributed by atoms with Crippen molar-refractivity contribution in [2.24, 2.45) is 0 Å². The standard InChI is InChI=1S/C5H7NO3/c7-5(8)4-3-6-1-2-9-4/h3,6H,1-2H2,(H,7,8). The van der Waals surface area contributed by atoms with Gasteiger partial charge in [-0.3, -0.25) is 0 Å². The molecule has 0 saturated carbocycles. The van der Waals surface area contributed by atoms with E-state index in [-0.39, 0.29) is 5.76 Å². The Labute approximate surface area is 52.1 Å². The van der Waals surface area contributed by atoms with Crippen LogP contribution in [-0.2, 0) is 9.53 Å². The summed E-state index contributed by atoms with van der Waals surface area (Å²) in [7, 11) is 0. The molecule has 0 spiro atoms. The van der Waals surface area contributed by atoms with Crippen LogP contribution in [0.1, 0.15) is 0 Å². The molecule has 0 bridgehead atoms. The molecule has 0 unspecified atom stereocenters. The molecule has 0 saturated heterocycles. The number of carboxylic acids is 1. The first-order valence-electron chi connectivity index (χ1n) is 2.60. The highest BCUT2D eigenvalue weighted by atomic mass is 16.5. The first-order chi connectivity index (χ1) is 4.30. The van der Waals surface area contributed by atoms with E-state index in [1.807, 2.05) is 0 Å². The monoisotopic (exact) mass is 129 g/mol. The third-order valence-corrected chi connectivity index (χ3v) is 0.948. The number of ether oxygens (including phenoxy) is 1. The summed E-state index contributed by atoms with van der Waals surface area (Å²) < 4.78 is 4.74. The molecule has 0 fully saturated rings. The normalized spacial score (nSPS) is 17.1. The van der Waals surface area contributed by atoms with Gasteiger partial charge in [-0.05, 0) is 0 Å². The molecule has 0 aliphatic carbocycles. The van der Waals surface area contributed by atoms with Crippen LogP contribution < -0.4 is 5.32 Å². The van der Waals surface area contributed by atoms with Crippen LogP contribution in [0.2, 0.25) is 0 Å². The molecule has 1 aliphatic rings. The molecule has 0 amide bonds. The van der Waals surface area contributed by atoms with Gasteiger partial charge < -0.3 is 15.2 Å². The van der Waals surface area contributed by atoms with Crippen molar-refractivity contribution in [1.82, 2.24) is 5.32 Å². The lowest BCUT2D eigenvalue weighted by molar-refractivity contribution is -0.136. The van der Waals surface area contributed by atoms with E-state index in [0.717, 1.165) is 0 Å². The molecule has 0 aromatic rings. The van der Waals surface area contributed by atoms with Crippen LogP contribution in [0.25, 0.3) is 0 Å². The molecule has 1 aliphatic heterocycles. The zero-order chi connectivity index (χ0) is 6.69. The average molecular weight is 129 g/mol. The number of rotatable bonds is 1. The first kappa shape index (κ1) is 5.94. The van der Waals surface area contributed by atoms with Crippen LogP contribution in [0.3, 0.4) is 0 Å². The second-order valence-corrected chi connectivity index (χ2v) is 1.62. The van der Waals surface area contributed by atoms with Crippen molar-refractivity contribution in [1.29, 1.82) is 0 Å². The fourth-order valence-electron chi connectivity index (χ4n) is 0.550. The molecule has 2 N–H and O–H groups in total. The highest BCUT2D eigenvalue weighted by molar-refractivity contribution is 5.84. The summed E-state index contributed by atoms with van der Waals surface area (Å²) in [5.41, 5.74) is 0. The van der Waals surface area contributed by atoms with Crippen LogP contribution in [0.5, 0.6) is 0 Å². The zero-order valence-corrected chi connectivity index (χ0v) is 4.76. The van der Waals surface area contributed by atoms with Gasteiger partial charge in [-0.1, -0.05) is 0 Å². The number of hydrogen-bond acceptors (Lipinski definition) is 3. The second-order valence-electron chi connectivity index (χ2n) is 1.62. The van der Waals surface area contributed by atoms with E-state index in [1.165, 1.54) is 6.20 Å². The van der Waals surface area contributed by atoms with E-state index in [4.69, 9.17) is 9.84 Å². The molecule has 1 heterocycles. The van der Waals surface area contributed by atoms with Gasteiger partial charge in [0, 0.05) is 12.7 Å². The number of carboxylic acid groups (broad SMARTS) is 1. The van der Waals surface area contributed by atoms with Gasteiger partial charge in [0.15, 0.2) is 0 Å². The van der Waals surface area contributed by atoms with E-state index < -0.39 is 5.97 Å². The zero-order valence-electron chi connectivity index (χ0n) is 4.76. The molecule has 4 nitrogen and oxygen atoms in total. The molecule has 0 aromatic carbocycles. The number of hydrogen-bond donors (Lipinski definition) is 2. The Morgan fingerprint density at radius 2 is 2.67 bits per heavy atom. The average Bonchev–Trinajstić information content (AvgIpc) is 1.90. The van der Waals surface area contributed by atoms with E-state index >= 15 is 0 Å². The topological polar surface area (TPSA) is 58.6 Å². The van der Waals surface area contributed by atoms with Crippen molar-refractivity contribution in [3.8, 4) is 0 Å². The van der Waals surface area contributed by atoms with E-state index in [0.29, 0.717) is 13.2 Å². The Morgan fingerprint density at radius 3 is 3.00 bits per heavy atom.